The Morgan fingerprint density at radius 3 is 2.04 bits per heavy atom. The number of benzene rings is 2. The number of carbonyl (C=O) groups excluding carboxylic acids is 2. The Bertz CT molecular complexity index is 863. The highest BCUT2D eigenvalue weighted by atomic mass is 32.2. The Morgan fingerprint density at radius 2 is 1.46 bits per heavy atom. The van der Waals surface area contributed by atoms with E-state index in [1.165, 1.54) is 48.5 Å². The Balaban J connectivity index is 1.94. The molecule has 0 unspecified atom stereocenters. The van der Waals surface area contributed by atoms with Crippen molar-refractivity contribution < 1.29 is 23.5 Å². The summed E-state index contributed by atoms with van der Waals surface area (Å²) in [4.78, 5) is 26.9. The summed E-state index contributed by atoms with van der Waals surface area (Å²) >= 11 is 1.08. The molecule has 26 heavy (non-hydrogen) atoms. The number of rotatable bonds is 6. The molecule has 4 nitrogen and oxygen atoms in total. The van der Waals surface area contributed by atoms with Crippen LogP contribution in [-0.2, 0) is 16.1 Å². The maximum Gasteiger partial charge on any atom is 0.268 e. The molecule has 134 valence electrons. The van der Waals surface area contributed by atoms with Gasteiger partial charge in [0.25, 0.3) is 11.8 Å². The molecule has 1 N–H and O–H groups in total. The summed E-state index contributed by atoms with van der Waals surface area (Å²) in [6.45, 7) is -0.143. The maximum absolute atomic E-state index is 13.2. The lowest BCUT2D eigenvalue weighted by Gasteiger charge is -2.15. The second-order valence-electron chi connectivity index (χ2n) is 5.61. The molecule has 0 atom stereocenters. The van der Waals surface area contributed by atoms with Crippen LogP contribution in [-0.4, -0.2) is 34.2 Å². The fourth-order valence-corrected chi connectivity index (χ4v) is 3.50. The number of aliphatic hydroxyl groups is 1. The van der Waals surface area contributed by atoms with Crippen LogP contribution < -0.4 is 0 Å². The van der Waals surface area contributed by atoms with Gasteiger partial charge < -0.3 is 5.11 Å². The van der Waals surface area contributed by atoms with E-state index < -0.39 is 23.4 Å². The first kappa shape index (κ1) is 18.3. The van der Waals surface area contributed by atoms with E-state index in [1.807, 2.05) is 0 Å². The molecule has 0 fully saturated rings. The van der Waals surface area contributed by atoms with E-state index in [2.05, 4.69) is 0 Å². The third-order valence-corrected chi connectivity index (χ3v) is 4.90. The number of aliphatic hydroxyl groups excluding tert-OH is 1. The van der Waals surface area contributed by atoms with E-state index in [0.717, 1.165) is 16.7 Å². The van der Waals surface area contributed by atoms with Crippen LogP contribution in [0.5, 0.6) is 0 Å². The van der Waals surface area contributed by atoms with E-state index >= 15 is 0 Å². The Morgan fingerprint density at radius 1 is 0.885 bits per heavy atom. The number of carbonyl (C=O) groups is 2. The lowest BCUT2D eigenvalue weighted by atomic mass is 10.1. The third kappa shape index (κ3) is 3.68. The first-order valence-corrected chi connectivity index (χ1v) is 8.84. The van der Waals surface area contributed by atoms with Gasteiger partial charge in [0.1, 0.15) is 11.6 Å². The predicted octanol–water partition coefficient (Wildman–Crippen LogP) is 2.97. The molecule has 0 aromatic heterocycles. The molecule has 2 aromatic carbocycles. The first-order valence-electron chi connectivity index (χ1n) is 7.85. The van der Waals surface area contributed by atoms with Gasteiger partial charge in [-0.2, -0.15) is 0 Å². The number of nitrogens with zero attached hydrogens (tertiary/aromatic N) is 1. The Hall–Kier alpha value is -2.51. The zero-order valence-electron chi connectivity index (χ0n) is 13.6. The lowest BCUT2D eigenvalue weighted by molar-refractivity contribution is -0.137. The molecule has 0 saturated carbocycles. The van der Waals surface area contributed by atoms with Crippen LogP contribution in [0.3, 0.4) is 0 Å². The topological polar surface area (TPSA) is 57.6 Å². The van der Waals surface area contributed by atoms with Gasteiger partial charge in [0.15, 0.2) is 0 Å². The monoisotopic (exact) mass is 375 g/mol. The summed E-state index contributed by atoms with van der Waals surface area (Å²) in [6.07, 6.45) is 0. The number of hydrogen-bond donors (Lipinski definition) is 1. The maximum atomic E-state index is 13.2. The van der Waals surface area contributed by atoms with E-state index in [0.29, 0.717) is 11.1 Å². The van der Waals surface area contributed by atoms with Crippen molar-refractivity contribution in [1.82, 2.24) is 4.90 Å². The molecule has 0 spiro atoms. The van der Waals surface area contributed by atoms with E-state index in [-0.39, 0.29) is 29.4 Å². The summed E-state index contributed by atoms with van der Waals surface area (Å²) in [7, 11) is 0. The summed E-state index contributed by atoms with van der Waals surface area (Å²) < 4.78 is 26.3. The number of halogens is 2. The molecule has 1 aliphatic heterocycles. The number of imide groups is 1. The van der Waals surface area contributed by atoms with Crippen LogP contribution in [0.15, 0.2) is 53.4 Å². The van der Waals surface area contributed by atoms with Gasteiger partial charge in [0.05, 0.1) is 23.6 Å². The van der Waals surface area contributed by atoms with Crippen molar-refractivity contribution in [2.75, 3.05) is 12.4 Å². The standard InChI is InChI=1S/C19H15F2NO3S/c20-14-5-1-12(2-6-14)11-22-18(24)16(13-3-7-15(21)8-4-13)17(19(22)25)26-10-9-23/h1-8,23H,9-11H2. The third-order valence-electron chi connectivity index (χ3n) is 3.85. The van der Waals surface area contributed by atoms with Crippen molar-refractivity contribution in [2.24, 2.45) is 0 Å². The predicted molar refractivity (Wildman–Crippen MR) is 94.8 cm³/mol. The minimum absolute atomic E-state index is 0.00578. The molecule has 0 saturated heterocycles. The normalized spacial score (nSPS) is 14.5. The van der Waals surface area contributed by atoms with Gasteiger partial charge in [-0.3, -0.25) is 14.5 Å². The average molecular weight is 375 g/mol. The SMILES string of the molecule is O=C1C(SCCO)=C(c2ccc(F)cc2)C(=O)N1Cc1ccc(F)cc1. The zero-order valence-corrected chi connectivity index (χ0v) is 14.4. The van der Waals surface area contributed by atoms with E-state index in [1.54, 1.807) is 0 Å². The highest BCUT2D eigenvalue weighted by molar-refractivity contribution is 8.04. The minimum Gasteiger partial charge on any atom is -0.396 e. The van der Waals surface area contributed by atoms with Gasteiger partial charge in [-0.25, -0.2) is 8.78 Å². The largest absolute Gasteiger partial charge is 0.396 e. The smallest absolute Gasteiger partial charge is 0.268 e. The van der Waals surface area contributed by atoms with Gasteiger partial charge >= 0.3 is 0 Å². The molecule has 1 heterocycles. The quantitative estimate of drug-likeness (QED) is 0.789. The van der Waals surface area contributed by atoms with Crippen LogP contribution in [0, 0.1) is 11.6 Å². The molecule has 2 aromatic rings. The zero-order chi connectivity index (χ0) is 18.7. The fraction of sp³-hybridized carbons (Fsp3) is 0.158. The molecule has 2 amide bonds. The van der Waals surface area contributed by atoms with Crippen LogP contribution in [0.4, 0.5) is 8.78 Å². The van der Waals surface area contributed by atoms with Gasteiger partial charge in [0, 0.05) is 5.75 Å². The van der Waals surface area contributed by atoms with Gasteiger partial charge in [0.2, 0.25) is 0 Å². The summed E-state index contributed by atoms with van der Waals surface area (Å²) in [6, 6.07) is 10.9. The highest BCUT2D eigenvalue weighted by Gasteiger charge is 2.39. The van der Waals surface area contributed by atoms with Crippen molar-refractivity contribution in [1.29, 1.82) is 0 Å². The molecule has 3 rings (SSSR count). The highest BCUT2D eigenvalue weighted by Crippen LogP contribution is 2.36. The van der Waals surface area contributed by atoms with Crippen LogP contribution in [0.25, 0.3) is 5.57 Å². The molecular weight excluding hydrogens is 360 g/mol. The number of amides is 2. The Labute approximate surface area is 153 Å². The van der Waals surface area contributed by atoms with Gasteiger partial charge in [-0.15, -0.1) is 11.8 Å². The van der Waals surface area contributed by atoms with Crippen LogP contribution >= 0.6 is 11.8 Å². The summed E-state index contributed by atoms with van der Waals surface area (Å²) in [5, 5.41) is 9.06. The molecular formula is C19H15F2NO3S. The van der Waals surface area contributed by atoms with Crippen molar-refractivity contribution in [2.45, 2.75) is 6.54 Å². The second kappa shape index (κ2) is 7.80. The van der Waals surface area contributed by atoms with Gasteiger partial charge in [-0.1, -0.05) is 24.3 Å². The first-order chi connectivity index (χ1) is 12.5. The number of hydrogen-bond acceptors (Lipinski definition) is 4. The summed E-state index contributed by atoms with van der Waals surface area (Å²) in [5.74, 6) is -1.57. The Kier molecular flexibility index (Phi) is 5.49. The van der Waals surface area contributed by atoms with E-state index in [4.69, 9.17) is 5.11 Å². The molecule has 0 aliphatic carbocycles. The average Bonchev–Trinajstić information content (AvgIpc) is 2.87. The van der Waals surface area contributed by atoms with Gasteiger partial charge in [-0.05, 0) is 35.4 Å². The molecule has 0 bridgehead atoms. The van der Waals surface area contributed by atoms with E-state index in [9.17, 15) is 18.4 Å². The molecule has 0 radical (unpaired) electrons. The molecule has 1 aliphatic rings. The van der Waals surface area contributed by atoms with Crippen LogP contribution in [0.1, 0.15) is 11.1 Å². The number of thioether (sulfide) groups is 1. The van der Waals surface area contributed by atoms with Crippen molar-refractivity contribution in [3.8, 4) is 0 Å². The van der Waals surface area contributed by atoms with Crippen molar-refractivity contribution in [3.05, 3.63) is 76.2 Å². The second-order valence-corrected chi connectivity index (χ2v) is 6.71. The molecule has 7 heteroatoms. The van der Waals surface area contributed by atoms with Crippen LogP contribution in [0.2, 0.25) is 0 Å². The summed E-state index contributed by atoms with van der Waals surface area (Å²) in [5.41, 5.74) is 1.24. The van der Waals surface area contributed by atoms with Crippen molar-refractivity contribution >= 4 is 29.1 Å². The lowest BCUT2D eigenvalue weighted by Crippen LogP contribution is -2.31. The van der Waals surface area contributed by atoms with Crippen molar-refractivity contribution in [3.63, 3.8) is 0 Å². The minimum atomic E-state index is -0.494. The fourth-order valence-electron chi connectivity index (χ4n) is 2.62.